The lowest BCUT2D eigenvalue weighted by molar-refractivity contribution is 0.185. The second-order valence-electron chi connectivity index (χ2n) is 7.54. The third-order valence-corrected chi connectivity index (χ3v) is 5.61. The molecule has 0 spiro atoms. The van der Waals surface area contributed by atoms with Crippen molar-refractivity contribution in [1.82, 2.24) is 19.9 Å². The Morgan fingerprint density at radius 1 is 1.07 bits per heavy atom. The first kappa shape index (κ1) is 20.5. The van der Waals surface area contributed by atoms with E-state index in [1.54, 1.807) is 18.2 Å². The van der Waals surface area contributed by atoms with Crippen LogP contribution in [0.25, 0.3) is 11.3 Å². The molecule has 1 fully saturated rings. The first-order valence-corrected chi connectivity index (χ1v) is 10.5. The summed E-state index contributed by atoms with van der Waals surface area (Å²) >= 11 is 0. The molecule has 158 valence electrons. The number of benzene rings is 1. The summed E-state index contributed by atoms with van der Waals surface area (Å²) in [7, 11) is 0. The molecule has 1 saturated heterocycles. The summed E-state index contributed by atoms with van der Waals surface area (Å²) in [6.45, 7) is 9.77. The predicted molar refractivity (Wildman–Crippen MR) is 116 cm³/mol. The van der Waals surface area contributed by atoms with Gasteiger partial charge < -0.3 is 9.42 Å². The lowest BCUT2D eigenvalue weighted by Gasteiger charge is -2.36. The molecule has 0 unspecified atom stereocenters. The maximum atomic E-state index is 14.0. The fourth-order valence-corrected chi connectivity index (χ4v) is 3.78. The lowest BCUT2D eigenvalue weighted by Crippen LogP contribution is -2.48. The van der Waals surface area contributed by atoms with Gasteiger partial charge in [-0.2, -0.15) is 0 Å². The number of aromatic nitrogens is 2. The smallest absolute Gasteiger partial charge is 0.151 e. The van der Waals surface area contributed by atoms with Crippen LogP contribution < -0.4 is 4.90 Å². The maximum absolute atomic E-state index is 14.0. The molecular formula is C23H28FN5O. The summed E-state index contributed by atoms with van der Waals surface area (Å²) in [5.74, 6) is 1.54. The topological polar surface area (TPSA) is 48.6 Å². The van der Waals surface area contributed by atoms with Gasteiger partial charge in [0.25, 0.3) is 0 Å². The van der Waals surface area contributed by atoms with Gasteiger partial charge in [-0.05, 0) is 30.8 Å². The highest BCUT2D eigenvalue weighted by Gasteiger charge is 2.19. The van der Waals surface area contributed by atoms with Gasteiger partial charge in [0.15, 0.2) is 5.76 Å². The number of anilines is 1. The SMILES string of the molecule is CCN(CCN1CCN(c2ccccn2)CC1)Cc1cc(-c2ccccc2F)no1. The average molecular weight is 410 g/mol. The average Bonchev–Trinajstić information content (AvgIpc) is 3.26. The largest absolute Gasteiger partial charge is 0.359 e. The Morgan fingerprint density at radius 2 is 1.87 bits per heavy atom. The standard InChI is InChI=1S/C23H28FN5O/c1-2-27(18-19-17-22(26-30-19)20-7-3-4-8-21(20)24)11-12-28-13-15-29(16-14-28)23-9-5-6-10-25-23/h3-10,17H,2,11-16,18H2,1H3. The minimum absolute atomic E-state index is 0.283. The summed E-state index contributed by atoms with van der Waals surface area (Å²) in [4.78, 5) is 11.6. The number of halogens is 1. The third-order valence-electron chi connectivity index (χ3n) is 5.61. The summed E-state index contributed by atoms with van der Waals surface area (Å²) in [6.07, 6.45) is 1.85. The van der Waals surface area contributed by atoms with Crippen LogP contribution in [0.15, 0.2) is 59.3 Å². The Labute approximate surface area is 176 Å². The van der Waals surface area contributed by atoms with Crippen molar-refractivity contribution < 1.29 is 8.91 Å². The molecule has 2 aromatic heterocycles. The summed E-state index contributed by atoms with van der Waals surface area (Å²) in [5.41, 5.74) is 1.02. The second-order valence-corrected chi connectivity index (χ2v) is 7.54. The van der Waals surface area contributed by atoms with Crippen LogP contribution >= 0.6 is 0 Å². The number of hydrogen-bond donors (Lipinski definition) is 0. The van der Waals surface area contributed by atoms with Gasteiger partial charge in [0.1, 0.15) is 17.3 Å². The van der Waals surface area contributed by atoms with Gasteiger partial charge in [-0.15, -0.1) is 0 Å². The zero-order valence-electron chi connectivity index (χ0n) is 17.4. The molecule has 1 aromatic carbocycles. The van der Waals surface area contributed by atoms with Crippen molar-refractivity contribution in [3.05, 3.63) is 66.3 Å². The molecule has 0 radical (unpaired) electrons. The van der Waals surface area contributed by atoms with Gasteiger partial charge in [0.05, 0.1) is 6.54 Å². The van der Waals surface area contributed by atoms with Crippen molar-refractivity contribution in [3.8, 4) is 11.3 Å². The molecule has 4 rings (SSSR count). The number of hydrogen-bond acceptors (Lipinski definition) is 6. The van der Waals surface area contributed by atoms with E-state index in [9.17, 15) is 4.39 Å². The van der Waals surface area contributed by atoms with Crippen LogP contribution in [0.3, 0.4) is 0 Å². The highest BCUT2D eigenvalue weighted by Crippen LogP contribution is 2.22. The van der Waals surface area contributed by atoms with Crippen molar-refractivity contribution >= 4 is 5.82 Å². The summed E-state index contributed by atoms with van der Waals surface area (Å²) in [5, 5.41) is 4.06. The van der Waals surface area contributed by atoms with Crippen molar-refractivity contribution in [2.24, 2.45) is 0 Å². The predicted octanol–water partition coefficient (Wildman–Crippen LogP) is 3.52. The van der Waals surface area contributed by atoms with Crippen LogP contribution in [0.5, 0.6) is 0 Å². The van der Waals surface area contributed by atoms with E-state index in [0.29, 0.717) is 17.8 Å². The third kappa shape index (κ3) is 5.04. The molecule has 0 atom stereocenters. The highest BCUT2D eigenvalue weighted by molar-refractivity contribution is 5.59. The van der Waals surface area contributed by atoms with Gasteiger partial charge in [-0.25, -0.2) is 9.37 Å². The van der Waals surface area contributed by atoms with Crippen molar-refractivity contribution in [2.45, 2.75) is 13.5 Å². The van der Waals surface area contributed by atoms with E-state index in [1.165, 1.54) is 6.07 Å². The summed E-state index contributed by atoms with van der Waals surface area (Å²) < 4.78 is 19.4. The van der Waals surface area contributed by atoms with Crippen molar-refractivity contribution in [3.63, 3.8) is 0 Å². The maximum Gasteiger partial charge on any atom is 0.151 e. The summed E-state index contributed by atoms with van der Waals surface area (Å²) in [6, 6.07) is 14.5. The molecule has 3 heterocycles. The lowest BCUT2D eigenvalue weighted by atomic mass is 10.1. The molecule has 0 saturated carbocycles. The molecule has 30 heavy (non-hydrogen) atoms. The van der Waals surface area contributed by atoms with Crippen LogP contribution in [0.1, 0.15) is 12.7 Å². The van der Waals surface area contributed by atoms with Crippen molar-refractivity contribution in [1.29, 1.82) is 0 Å². The van der Waals surface area contributed by atoms with Crippen LogP contribution in [-0.4, -0.2) is 65.8 Å². The van der Waals surface area contributed by atoms with E-state index in [-0.39, 0.29) is 5.82 Å². The molecule has 7 heteroatoms. The van der Waals surface area contributed by atoms with E-state index >= 15 is 0 Å². The first-order chi connectivity index (χ1) is 14.7. The van der Waals surface area contributed by atoms with Gasteiger partial charge in [0, 0.05) is 57.1 Å². The molecule has 0 aliphatic carbocycles. The fraction of sp³-hybridized carbons (Fsp3) is 0.391. The number of rotatable bonds is 8. The van der Waals surface area contributed by atoms with Gasteiger partial charge in [0.2, 0.25) is 0 Å². The van der Waals surface area contributed by atoms with E-state index in [0.717, 1.165) is 57.4 Å². The molecule has 6 nitrogen and oxygen atoms in total. The van der Waals surface area contributed by atoms with E-state index in [4.69, 9.17) is 4.52 Å². The van der Waals surface area contributed by atoms with Gasteiger partial charge >= 0.3 is 0 Å². The second kappa shape index (κ2) is 9.82. The van der Waals surface area contributed by atoms with Crippen LogP contribution in [0.2, 0.25) is 0 Å². The van der Waals surface area contributed by atoms with Crippen LogP contribution in [0, 0.1) is 5.82 Å². The highest BCUT2D eigenvalue weighted by atomic mass is 19.1. The number of likely N-dealkylation sites (N-methyl/N-ethyl adjacent to an activating group) is 1. The molecule has 1 aliphatic rings. The first-order valence-electron chi connectivity index (χ1n) is 10.5. The van der Waals surface area contributed by atoms with E-state index in [2.05, 4.69) is 37.8 Å². The Hall–Kier alpha value is -2.77. The zero-order valence-corrected chi connectivity index (χ0v) is 17.4. The molecule has 0 amide bonds. The normalized spacial score (nSPS) is 15.1. The minimum atomic E-state index is -0.283. The molecule has 1 aliphatic heterocycles. The molecular weight excluding hydrogens is 381 g/mol. The molecule has 0 N–H and O–H groups in total. The van der Waals surface area contributed by atoms with Gasteiger partial charge in [-0.1, -0.05) is 30.3 Å². The molecule has 0 bridgehead atoms. The van der Waals surface area contributed by atoms with Gasteiger partial charge in [-0.3, -0.25) is 9.80 Å². The Kier molecular flexibility index (Phi) is 6.71. The Bertz CT molecular complexity index is 924. The van der Waals surface area contributed by atoms with Crippen LogP contribution in [0.4, 0.5) is 10.2 Å². The van der Waals surface area contributed by atoms with Crippen LogP contribution in [-0.2, 0) is 6.54 Å². The quantitative estimate of drug-likeness (QED) is 0.567. The molecule has 3 aromatic rings. The number of pyridine rings is 1. The van der Waals surface area contributed by atoms with Crippen molar-refractivity contribution in [2.75, 3.05) is 50.7 Å². The van der Waals surface area contributed by atoms with E-state index < -0.39 is 0 Å². The zero-order chi connectivity index (χ0) is 20.8. The van der Waals surface area contributed by atoms with E-state index in [1.807, 2.05) is 24.4 Å². The number of nitrogens with zero attached hydrogens (tertiary/aromatic N) is 5. The Balaban J connectivity index is 1.26. The monoisotopic (exact) mass is 409 g/mol. The Morgan fingerprint density at radius 3 is 2.60 bits per heavy atom. The number of piperazine rings is 1. The fourth-order valence-electron chi connectivity index (χ4n) is 3.78. The minimum Gasteiger partial charge on any atom is -0.359 e.